The second-order valence-corrected chi connectivity index (χ2v) is 9.98. The first-order chi connectivity index (χ1) is 15.0. The molecule has 0 saturated carbocycles. The number of aromatic nitrogens is 3. The number of nitrogens with one attached hydrogen (secondary N) is 2. The van der Waals surface area contributed by atoms with E-state index in [2.05, 4.69) is 30.8 Å². The van der Waals surface area contributed by atoms with Gasteiger partial charge in [0.15, 0.2) is 0 Å². The van der Waals surface area contributed by atoms with Gasteiger partial charge in [0.25, 0.3) is 0 Å². The maximum atomic E-state index is 13.5. The third kappa shape index (κ3) is 3.89. The first-order valence-electron chi connectivity index (χ1n) is 11.2. The number of rotatable bonds is 5. The normalized spacial score (nSPS) is 28.5. The standard InChI is InChI=1S/C22H30N6O2S/c1-13-18(14(2)26-25-13)7-23-22(30)21-16-6-15(19-4-3-5-20(29)28(19)21)8-27(9-16)10-17-11-31-12-24-17/h11-12,15-16,19,21H,3-10H2,1-2H3,(H,23,30)(H,25,26)/t15-,16+,19-,21+/m0/s1. The van der Waals surface area contributed by atoms with Crippen molar-refractivity contribution in [1.82, 2.24) is 30.3 Å². The predicted octanol–water partition coefficient (Wildman–Crippen LogP) is 2.00. The van der Waals surface area contributed by atoms with Crippen LogP contribution in [0.4, 0.5) is 0 Å². The number of aryl methyl sites for hydroxylation is 2. The van der Waals surface area contributed by atoms with E-state index in [-0.39, 0.29) is 29.8 Å². The highest BCUT2D eigenvalue weighted by Gasteiger charge is 2.51. The van der Waals surface area contributed by atoms with E-state index in [0.717, 1.165) is 61.5 Å². The summed E-state index contributed by atoms with van der Waals surface area (Å²) in [5.41, 5.74) is 5.87. The van der Waals surface area contributed by atoms with Crippen LogP contribution in [0.1, 0.15) is 48.3 Å². The second kappa shape index (κ2) is 8.35. The largest absolute Gasteiger partial charge is 0.350 e. The van der Waals surface area contributed by atoms with E-state index < -0.39 is 0 Å². The minimum absolute atomic E-state index is 0.0285. The summed E-state index contributed by atoms with van der Waals surface area (Å²) in [6.07, 6.45) is 3.50. The molecule has 0 unspecified atom stereocenters. The van der Waals surface area contributed by atoms with E-state index in [1.165, 1.54) is 0 Å². The Morgan fingerprint density at radius 3 is 2.90 bits per heavy atom. The molecule has 3 aliphatic rings. The van der Waals surface area contributed by atoms with E-state index in [1.54, 1.807) is 11.3 Å². The molecule has 2 aromatic heterocycles. The quantitative estimate of drug-likeness (QED) is 0.739. The Morgan fingerprint density at radius 1 is 1.32 bits per heavy atom. The molecule has 31 heavy (non-hydrogen) atoms. The van der Waals surface area contributed by atoms with Crippen molar-refractivity contribution in [2.24, 2.45) is 11.8 Å². The number of nitrogens with zero attached hydrogens (tertiary/aromatic N) is 4. The molecule has 4 atom stereocenters. The van der Waals surface area contributed by atoms with Gasteiger partial charge >= 0.3 is 0 Å². The molecule has 2 bridgehead atoms. The highest BCUT2D eigenvalue weighted by atomic mass is 32.1. The molecular formula is C22H30N6O2S. The van der Waals surface area contributed by atoms with Crippen LogP contribution in [0.25, 0.3) is 0 Å². The Hall–Kier alpha value is -2.26. The van der Waals surface area contributed by atoms with Gasteiger partial charge in [-0.1, -0.05) is 0 Å². The Labute approximate surface area is 186 Å². The minimum Gasteiger partial charge on any atom is -0.350 e. The average Bonchev–Trinajstić information content (AvgIpc) is 3.37. The van der Waals surface area contributed by atoms with Gasteiger partial charge in [-0.05, 0) is 39.0 Å². The van der Waals surface area contributed by atoms with Gasteiger partial charge in [0.05, 0.1) is 16.9 Å². The fourth-order valence-corrected chi connectivity index (χ4v) is 6.43. The molecule has 0 radical (unpaired) electrons. The minimum atomic E-state index is -0.389. The van der Waals surface area contributed by atoms with Gasteiger partial charge < -0.3 is 10.2 Å². The molecule has 0 aliphatic carbocycles. The van der Waals surface area contributed by atoms with Crippen LogP contribution < -0.4 is 5.32 Å². The molecule has 0 spiro atoms. The van der Waals surface area contributed by atoms with Gasteiger partial charge in [-0.3, -0.25) is 19.6 Å². The lowest BCUT2D eigenvalue weighted by Crippen LogP contribution is -2.68. The summed E-state index contributed by atoms with van der Waals surface area (Å²) in [7, 11) is 0. The third-order valence-electron chi connectivity index (χ3n) is 7.27. The van der Waals surface area contributed by atoms with E-state index in [1.807, 2.05) is 24.3 Å². The van der Waals surface area contributed by atoms with Crippen LogP contribution in [0.3, 0.4) is 0 Å². The average molecular weight is 443 g/mol. The molecule has 5 heterocycles. The van der Waals surface area contributed by atoms with Gasteiger partial charge in [-0.2, -0.15) is 5.10 Å². The molecule has 2 aromatic rings. The molecule has 3 fully saturated rings. The predicted molar refractivity (Wildman–Crippen MR) is 117 cm³/mol. The molecule has 3 saturated heterocycles. The monoisotopic (exact) mass is 442 g/mol. The Bertz CT molecular complexity index is 938. The van der Waals surface area contributed by atoms with Crippen molar-refractivity contribution in [2.45, 2.75) is 64.7 Å². The van der Waals surface area contributed by atoms with E-state index in [4.69, 9.17) is 0 Å². The van der Waals surface area contributed by atoms with Gasteiger partial charge in [-0.15, -0.1) is 11.3 Å². The zero-order chi connectivity index (χ0) is 21.5. The summed E-state index contributed by atoms with van der Waals surface area (Å²) in [5.74, 6) is 0.709. The van der Waals surface area contributed by atoms with Crippen LogP contribution in [0.15, 0.2) is 10.9 Å². The lowest BCUT2D eigenvalue weighted by atomic mass is 9.71. The lowest BCUT2D eigenvalue weighted by Gasteiger charge is -2.55. The van der Waals surface area contributed by atoms with Crippen LogP contribution in [0.2, 0.25) is 0 Å². The van der Waals surface area contributed by atoms with Crippen molar-refractivity contribution in [3.8, 4) is 0 Å². The number of aromatic amines is 1. The molecule has 8 nitrogen and oxygen atoms in total. The van der Waals surface area contributed by atoms with E-state index in [0.29, 0.717) is 18.9 Å². The zero-order valence-electron chi connectivity index (χ0n) is 18.1. The number of hydrogen-bond acceptors (Lipinski definition) is 6. The van der Waals surface area contributed by atoms with Crippen molar-refractivity contribution in [1.29, 1.82) is 0 Å². The topological polar surface area (TPSA) is 94.2 Å². The highest BCUT2D eigenvalue weighted by Crippen LogP contribution is 2.42. The van der Waals surface area contributed by atoms with Gasteiger partial charge in [-0.25, -0.2) is 4.98 Å². The number of thiazole rings is 1. The van der Waals surface area contributed by atoms with Crippen molar-refractivity contribution in [2.75, 3.05) is 13.1 Å². The molecular weight excluding hydrogens is 412 g/mol. The summed E-state index contributed by atoms with van der Waals surface area (Å²) in [5, 5.41) is 12.4. The van der Waals surface area contributed by atoms with E-state index >= 15 is 0 Å². The van der Waals surface area contributed by atoms with E-state index in [9.17, 15) is 9.59 Å². The van der Waals surface area contributed by atoms with Crippen LogP contribution in [-0.2, 0) is 22.7 Å². The summed E-state index contributed by atoms with van der Waals surface area (Å²) in [6.45, 7) is 6.97. The summed E-state index contributed by atoms with van der Waals surface area (Å²) in [4.78, 5) is 35.3. The SMILES string of the molecule is Cc1n[nH]c(C)c1CNC(=O)[C@H]1[C@@H]2C[C@@H](CN(Cc3cscn3)C2)[C@@H]2CCCC(=O)N21. The maximum absolute atomic E-state index is 13.5. The van der Waals surface area contributed by atoms with Crippen LogP contribution in [0.5, 0.6) is 0 Å². The first-order valence-corrected chi connectivity index (χ1v) is 12.1. The Morgan fingerprint density at radius 2 is 2.16 bits per heavy atom. The number of piperidine rings is 3. The second-order valence-electron chi connectivity index (χ2n) is 9.27. The molecule has 2 amide bonds. The lowest BCUT2D eigenvalue weighted by molar-refractivity contribution is -0.160. The fraction of sp³-hybridized carbons (Fsp3) is 0.636. The van der Waals surface area contributed by atoms with Crippen molar-refractivity contribution in [3.05, 3.63) is 33.5 Å². The number of carbonyl (C=O) groups is 2. The number of fused-ring (bicyclic) bond motifs is 4. The summed E-state index contributed by atoms with van der Waals surface area (Å²) >= 11 is 1.62. The molecule has 3 aliphatic heterocycles. The molecule has 0 aromatic carbocycles. The molecule has 2 N–H and O–H groups in total. The molecule has 166 valence electrons. The first kappa shape index (κ1) is 20.6. The maximum Gasteiger partial charge on any atom is 0.243 e. The number of amides is 2. The van der Waals surface area contributed by atoms with Gasteiger partial charge in [0.2, 0.25) is 11.8 Å². The smallest absolute Gasteiger partial charge is 0.243 e. The van der Waals surface area contributed by atoms with Crippen molar-refractivity contribution in [3.63, 3.8) is 0 Å². The Kier molecular flexibility index (Phi) is 5.56. The van der Waals surface area contributed by atoms with Crippen LogP contribution in [0, 0.1) is 25.7 Å². The van der Waals surface area contributed by atoms with Crippen LogP contribution >= 0.6 is 11.3 Å². The highest BCUT2D eigenvalue weighted by molar-refractivity contribution is 7.07. The summed E-state index contributed by atoms with van der Waals surface area (Å²) < 4.78 is 0. The number of likely N-dealkylation sites (tertiary alicyclic amines) is 1. The van der Waals surface area contributed by atoms with Gasteiger partial charge in [0, 0.05) is 61.2 Å². The van der Waals surface area contributed by atoms with Crippen molar-refractivity contribution >= 4 is 23.2 Å². The number of H-pyrrole nitrogens is 1. The van der Waals surface area contributed by atoms with Crippen molar-refractivity contribution < 1.29 is 9.59 Å². The fourth-order valence-electron chi connectivity index (χ4n) is 5.88. The number of hydrogen-bond donors (Lipinski definition) is 2. The molecule has 5 rings (SSSR count). The molecule has 9 heteroatoms. The zero-order valence-corrected chi connectivity index (χ0v) is 19.0. The summed E-state index contributed by atoms with van der Waals surface area (Å²) in [6, 6.07) is -0.219. The van der Waals surface area contributed by atoms with Gasteiger partial charge in [0.1, 0.15) is 6.04 Å². The Balaban J connectivity index is 1.37. The van der Waals surface area contributed by atoms with Crippen LogP contribution in [-0.4, -0.2) is 62.0 Å². The third-order valence-corrected chi connectivity index (χ3v) is 7.91. The number of carbonyl (C=O) groups excluding carboxylic acids is 2.